The van der Waals surface area contributed by atoms with Gasteiger partial charge in [0.2, 0.25) is 11.8 Å². The van der Waals surface area contributed by atoms with Crippen molar-refractivity contribution in [2.24, 2.45) is 0 Å². The summed E-state index contributed by atoms with van der Waals surface area (Å²) in [5, 5.41) is 3.41. The van der Waals surface area contributed by atoms with E-state index < -0.39 is 0 Å². The second kappa shape index (κ2) is 7.97. The fourth-order valence-corrected chi connectivity index (χ4v) is 2.52. The second-order valence-corrected chi connectivity index (χ2v) is 6.15. The number of hydrogen-bond donors (Lipinski definition) is 1. The molecule has 126 valence electrons. The highest BCUT2D eigenvalue weighted by atomic mass is 35.5. The standard InChI is InChI=1S/C19H21ClN2O2/c1-13-8-9-17(10-14(13)2)22(15(3)23)12-19(24)21-11-16-6-4-5-7-18(16)20/h4-10H,11-12H2,1-3H3,(H,21,24). The Bertz CT molecular complexity index is 759. The normalized spacial score (nSPS) is 10.3. The van der Waals surface area contributed by atoms with Gasteiger partial charge in [-0.25, -0.2) is 0 Å². The van der Waals surface area contributed by atoms with Crippen LogP contribution >= 0.6 is 11.6 Å². The molecule has 0 radical (unpaired) electrons. The number of aryl methyl sites for hydroxylation is 2. The van der Waals surface area contributed by atoms with Gasteiger partial charge in [0.05, 0.1) is 0 Å². The largest absolute Gasteiger partial charge is 0.350 e. The molecule has 0 heterocycles. The second-order valence-electron chi connectivity index (χ2n) is 5.74. The minimum atomic E-state index is -0.233. The molecule has 0 aromatic heterocycles. The predicted molar refractivity (Wildman–Crippen MR) is 97.2 cm³/mol. The van der Waals surface area contributed by atoms with Gasteiger partial charge >= 0.3 is 0 Å². The molecule has 2 amide bonds. The SMILES string of the molecule is CC(=O)N(CC(=O)NCc1ccccc1Cl)c1ccc(C)c(C)c1. The molecular formula is C19H21ClN2O2. The van der Waals surface area contributed by atoms with Crippen LogP contribution in [0.2, 0.25) is 5.02 Å². The molecular weight excluding hydrogens is 324 g/mol. The lowest BCUT2D eigenvalue weighted by Crippen LogP contribution is -2.39. The molecule has 2 aromatic rings. The molecule has 2 rings (SSSR count). The quantitative estimate of drug-likeness (QED) is 0.900. The molecule has 1 N–H and O–H groups in total. The number of halogens is 1. The van der Waals surface area contributed by atoms with Gasteiger partial charge in [0.1, 0.15) is 6.54 Å². The number of anilines is 1. The zero-order chi connectivity index (χ0) is 17.7. The molecule has 0 aliphatic heterocycles. The molecule has 4 nitrogen and oxygen atoms in total. The smallest absolute Gasteiger partial charge is 0.240 e. The Morgan fingerprint density at radius 2 is 1.79 bits per heavy atom. The summed E-state index contributed by atoms with van der Waals surface area (Å²) in [6.45, 7) is 5.75. The van der Waals surface area contributed by atoms with Crippen LogP contribution in [0.1, 0.15) is 23.6 Å². The van der Waals surface area contributed by atoms with Crippen molar-refractivity contribution >= 4 is 29.1 Å². The Balaban J connectivity index is 2.05. The van der Waals surface area contributed by atoms with Gasteiger partial charge in [-0.3, -0.25) is 9.59 Å². The molecule has 24 heavy (non-hydrogen) atoms. The summed E-state index contributed by atoms with van der Waals surface area (Å²) in [6.07, 6.45) is 0. The van der Waals surface area contributed by atoms with E-state index in [0.29, 0.717) is 11.6 Å². The molecule has 0 bridgehead atoms. The van der Waals surface area contributed by atoms with E-state index in [1.165, 1.54) is 11.8 Å². The van der Waals surface area contributed by atoms with E-state index in [9.17, 15) is 9.59 Å². The highest BCUT2D eigenvalue weighted by Gasteiger charge is 2.16. The minimum Gasteiger partial charge on any atom is -0.350 e. The summed E-state index contributed by atoms with van der Waals surface area (Å²) in [5.41, 5.74) is 3.78. The Hall–Kier alpha value is -2.33. The molecule has 0 saturated heterocycles. The summed E-state index contributed by atoms with van der Waals surface area (Å²) in [7, 11) is 0. The van der Waals surface area contributed by atoms with Crippen LogP contribution in [-0.4, -0.2) is 18.4 Å². The zero-order valence-electron chi connectivity index (χ0n) is 14.1. The van der Waals surface area contributed by atoms with Crippen molar-refractivity contribution in [2.75, 3.05) is 11.4 Å². The van der Waals surface area contributed by atoms with E-state index in [0.717, 1.165) is 22.4 Å². The summed E-state index contributed by atoms with van der Waals surface area (Å²) in [6, 6.07) is 13.1. The summed E-state index contributed by atoms with van der Waals surface area (Å²) in [4.78, 5) is 25.6. The zero-order valence-corrected chi connectivity index (χ0v) is 14.9. The van der Waals surface area contributed by atoms with Crippen molar-refractivity contribution in [1.82, 2.24) is 5.32 Å². The van der Waals surface area contributed by atoms with Crippen LogP contribution in [0.15, 0.2) is 42.5 Å². The van der Waals surface area contributed by atoms with Gasteiger partial charge in [-0.15, -0.1) is 0 Å². The maximum atomic E-state index is 12.2. The van der Waals surface area contributed by atoms with Gasteiger partial charge in [0.25, 0.3) is 0 Å². The lowest BCUT2D eigenvalue weighted by molar-refractivity contribution is -0.123. The van der Waals surface area contributed by atoms with Gasteiger partial charge in [-0.1, -0.05) is 35.9 Å². The number of carbonyl (C=O) groups is 2. The number of rotatable bonds is 5. The first kappa shape index (κ1) is 18.0. The fraction of sp³-hybridized carbons (Fsp3) is 0.263. The third-order valence-electron chi connectivity index (χ3n) is 3.92. The third kappa shape index (κ3) is 4.59. The molecule has 0 atom stereocenters. The maximum Gasteiger partial charge on any atom is 0.240 e. The van der Waals surface area contributed by atoms with Gasteiger partial charge in [0, 0.05) is 24.2 Å². The van der Waals surface area contributed by atoms with Crippen molar-refractivity contribution in [1.29, 1.82) is 0 Å². The number of nitrogens with zero attached hydrogens (tertiary/aromatic N) is 1. The van der Waals surface area contributed by atoms with E-state index >= 15 is 0 Å². The van der Waals surface area contributed by atoms with Crippen LogP contribution < -0.4 is 10.2 Å². The van der Waals surface area contributed by atoms with Crippen LogP contribution in [0.25, 0.3) is 0 Å². The lowest BCUT2D eigenvalue weighted by atomic mass is 10.1. The number of carbonyl (C=O) groups excluding carboxylic acids is 2. The van der Waals surface area contributed by atoms with Crippen LogP contribution in [0.3, 0.4) is 0 Å². The molecule has 0 unspecified atom stereocenters. The van der Waals surface area contributed by atoms with E-state index in [4.69, 9.17) is 11.6 Å². The molecule has 0 spiro atoms. The lowest BCUT2D eigenvalue weighted by Gasteiger charge is -2.21. The van der Waals surface area contributed by atoms with Crippen molar-refractivity contribution in [3.63, 3.8) is 0 Å². The first-order valence-electron chi connectivity index (χ1n) is 7.74. The molecule has 2 aromatic carbocycles. The highest BCUT2D eigenvalue weighted by Crippen LogP contribution is 2.19. The third-order valence-corrected chi connectivity index (χ3v) is 4.29. The molecule has 0 saturated carbocycles. The van der Waals surface area contributed by atoms with Crippen molar-refractivity contribution in [3.8, 4) is 0 Å². The Morgan fingerprint density at radius 1 is 1.08 bits per heavy atom. The summed E-state index contributed by atoms with van der Waals surface area (Å²) in [5.74, 6) is -0.408. The number of nitrogens with one attached hydrogen (secondary N) is 1. The van der Waals surface area contributed by atoms with E-state index in [1.807, 2.05) is 50.2 Å². The monoisotopic (exact) mass is 344 g/mol. The van der Waals surface area contributed by atoms with Crippen molar-refractivity contribution in [3.05, 3.63) is 64.2 Å². The van der Waals surface area contributed by atoms with Crippen molar-refractivity contribution < 1.29 is 9.59 Å². The van der Waals surface area contributed by atoms with Crippen LogP contribution in [0.4, 0.5) is 5.69 Å². The number of amides is 2. The van der Waals surface area contributed by atoms with Crippen LogP contribution in [0, 0.1) is 13.8 Å². The van der Waals surface area contributed by atoms with Gasteiger partial charge in [-0.2, -0.15) is 0 Å². The Kier molecular flexibility index (Phi) is 5.99. The fourth-order valence-electron chi connectivity index (χ4n) is 2.31. The maximum absolute atomic E-state index is 12.2. The average Bonchev–Trinajstić information content (AvgIpc) is 2.54. The number of benzene rings is 2. The molecule has 0 aliphatic carbocycles. The predicted octanol–water partition coefficient (Wildman–Crippen LogP) is 3.63. The van der Waals surface area contributed by atoms with Gasteiger partial charge < -0.3 is 10.2 Å². The highest BCUT2D eigenvalue weighted by molar-refractivity contribution is 6.31. The van der Waals surface area contributed by atoms with Crippen LogP contribution in [-0.2, 0) is 16.1 Å². The summed E-state index contributed by atoms with van der Waals surface area (Å²) >= 11 is 6.08. The Labute approximate surface area is 147 Å². The average molecular weight is 345 g/mol. The topological polar surface area (TPSA) is 49.4 Å². The number of hydrogen-bond acceptors (Lipinski definition) is 2. The van der Waals surface area contributed by atoms with E-state index in [1.54, 1.807) is 6.07 Å². The van der Waals surface area contributed by atoms with Crippen molar-refractivity contribution in [2.45, 2.75) is 27.3 Å². The summed E-state index contributed by atoms with van der Waals surface area (Å²) < 4.78 is 0. The van der Waals surface area contributed by atoms with Crippen LogP contribution in [0.5, 0.6) is 0 Å². The van der Waals surface area contributed by atoms with E-state index in [-0.39, 0.29) is 18.4 Å². The minimum absolute atomic E-state index is 0.0255. The molecule has 0 aliphatic rings. The first-order chi connectivity index (χ1) is 11.4. The Morgan fingerprint density at radius 3 is 2.42 bits per heavy atom. The first-order valence-corrected chi connectivity index (χ1v) is 8.11. The molecule has 5 heteroatoms. The van der Waals surface area contributed by atoms with E-state index in [2.05, 4.69) is 5.32 Å². The molecule has 0 fully saturated rings. The van der Waals surface area contributed by atoms with Gasteiger partial charge in [0.15, 0.2) is 0 Å². The van der Waals surface area contributed by atoms with Gasteiger partial charge in [-0.05, 0) is 48.7 Å².